The Morgan fingerprint density at radius 3 is 2.38 bits per heavy atom. The summed E-state index contributed by atoms with van der Waals surface area (Å²) in [5.41, 5.74) is 1.66. The van der Waals surface area contributed by atoms with Crippen molar-refractivity contribution in [3.05, 3.63) is 52.3 Å². The highest BCUT2D eigenvalue weighted by molar-refractivity contribution is 6.30. The van der Waals surface area contributed by atoms with Crippen molar-refractivity contribution in [1.82, 2.24) is 0 Å². The first kappa shape index (κ1) is 28.7. The minimum Gasteiger partial charge on any atom is -0.507 e. The average Bonchev–Trinajstić information content (AvgIpc) is 2.83. The molecule has 2 unspecified atom stereocenters. The molecule has 1 amide bonds. The summed E-state index contributed by atoms with van der Waals surface area (Å²) in [5.74, 6) is -8.23. The van der Waals surface area contributed by atoms with Crippen molar-refractivity contribution in [3.8, 4) is 16.9 Å². The highest BCUT2D eigenvalue weighted by Crippen LogP contribution is 2.66. The Morgan fingerprint density at radius 1 is 1.15 bits per heavy atom. The summed E-state index contributed by atoms with van der Waals surface area (Å²) >= 11 is 5.88. The number of nitrogens with two attached hydrogens (primary N) is 1. The number of carbonyl (C=O) groups is 3. The van der Waals surface area contributed by atoms with Gasteiger partial charge in [-0.05, 0) is 65.0 Å². The molecular formula is C30H33ClFNO7. The van der Waals surface area contributed by atoms with E-state index in [1.165, 1.54) is 18.2 Å². The second-order valence-corrected chi connectivity index (χ2v) is 13.0. The molecule has 5 rings (SSSR count). The van der Waals surface area contributed by atoms with Crippen LogP contribution in [0.1, 0.15) is 50.0 Å². The van der Waals surface area contributed by atoms with E-state index in [0.717, 1.165) is 0 Å². The predicted octanol–water partition coefficient (Wildman–Crippen LogP) is 3.03. The Labute approximate surface area is 236 Å². The van der Waals surface area contributed by atoms with E-state index in [9.17, 15) is 39.2 Å². The Bertz CT molecular complexity index is 1460. The lowest BCUT2D eigenvalue weighted by Gasteiger charge is -2.66. The number of rotatable bonds is 3. The first-order valence-electron chi connectivity index (χ1n) is 13.3. The molecule has 2 saturated carbocycles. The van der Waals surface area contributed by atoms with Crippen LogP contribution in [0.2, 0.25) is 5.02 Å². The number of benzene rings is 2. The highest BCUT2D eigenvalue weighted by atomic mass is 35.5. The molecule has 10 heteroatoms. The number of amides is 1. The van der Waals surface area contributed by atoms with Gasteiger partial charge in [0.2, 0.25) is 5.91 Å². The van der Waals surface area contributed by atoms with Crippen molar-refractivity contribution < 1.29 is 39.2 Å². The van der Waals surface area contributed by atoms with Crippen LogP contribution in [0.25, 0.3) is 11.1 Å². The minimum absolute atomic E-state index is 0.0185. The molecule has 3 aliphatic carbocycles. The molecule has 0 radical (unpaired) electrons. The lowest BCUT2D eigenvalue weighted by molar-refractivity contribution is -0.265. The molecule has 0 spiro atoms. The molecule has 0 aliphatic heterocycles. The Hall–Kier alpha value is -2.85. The number of fused-ring (bicyclic) bond motifs is 3. The first-order valence-corrected chi connectivity index (χ1v) is 13.7. The number of hydrogen-bond acceptors (Lipinski definition) is 7. The number of phenols is 1. The number of aliphatic hydroxyl groups is 3. The summed E-state index contributed by atoms with van der Waals surface area (Å²) in [6.07, 6.45) is -3.32. The molecular weight excluding hydrogens is 541 g/mol. The van der Waals surface area contributed by atoms with Crippen molar-refractivity contribution in [2.75, 3.05) is 0 Å². The molecule has 0 saturated heterocycles. The smallest absolute Gasteiger partial charge is 0.230 e. The van der Waals surface area contributed by atoms with Crippen LogP contribution >= 0.6 is 11.6 Å². The number of carbonyl (C=O) groups excluding carboxylic acids is 3. The third-order valence-corrected chi connectivity index (χ3v) is 10.2. The number of hydrogen-bond donors (Lipinski definition) is 5. The summed E-state index contributed by atoms with van der Waals surface area (Å²) in [6, 6.07) is 7.10. The molecule has 8 atom stereocenters. The van der Waals surface area contributed by atoms with Crippen molar-refractivity contribution >= 4 is 29.1 Å². The van der Waals surface area contributed by atoms with E-state index in [-0.39, 0.29) is 35.1 Å². The molecule has 40 heavy (non-hydrogen) atoms. The second-order valence-electron chi connectivity index (χ2n) is 12.6. The SMILES string of the molecule is CC(C)[C@H]1C(O)[C@@H](C(N)=O)C(=O)[C@]2(O)C(O)[C@H]3C(=O)c4c(O)ccc(-c5ccc(Cl)c(F)c5)c4C[C@]3(C)C[C@]12C. The van der Waals surface area contributed by atoms with Crippen LogP contribution in [-0.2, 0) is 16.0 Å². The highest BCUT2D eigenvalue weighted by Gasteiger charge is 2.75. The molecule has 2 aromatic carbocycles. The van der Waals surface area contributed by atoms with Gasteiger partial charge in [0.25, 0.3) is 0 Å². The molecule has 2 fully saturated rings. The fraction of sp³-hybridized carbons (Fsp3) is 0.500. The minimum atomic E-state index is -2.58. The fourth-order valence-electron chi connectivity index (χ4n) is 8.47. The van der Waals surface area contributed by atoms with Gasteiger partial charge in [0.1, 0.15) is 23.6 Å². The summed E-state index contributed by atoms with van der Waals surface area (Å²) in [4.78, 5) is 40.2. The lowest BCUT2D eigenvalue weighted by atomic mass is 9.39. The van der Waals surface area contributed by atoms with Crippen LogP contribution in [0, 0.1) is 40.3 Å². The van der Waals surface area contributed by atoms with Crippen molar-refractivity contribution in [3.63, 3.8) is 0 Å². The van der Waals surface area contributed by atoms with E-state index in [0.29, 0.717) is 16.7 Å². The van der Waals surface area contributed by atoms with Crippen LogP contribution in [0.5, 0.6) is 5.75 Å². The molecule has 0 bridgehead atoms. The molecule has 3 aliphatic rings. The van der Waals surface area contributed by atoms with E-state index < -0.39 is 69.7 Å². The van der Waals surface area contributed by atoms with Crippen molar-refractivity contribution in [1.29, 1.82) is 0 Å². The van der Waals surface area contributed by atoms with Gasteiger partial charge in [0, 0.05) is 5.41 Å². The summed E-state index contributed by atoms with van der Waals surface area (Å²) in [5, 5.41) is 45.9. The third kappa shape index (κ3) is 3.57. The maximum Gasteiger partial charge on any atom is 0.230 e. The largest absolute Gasteiger partial charge is 0.507 e. The fourth-order valence-corrected chi connectivity index (χ4v) is 8.58. The number of primary amides is 1. The normalized spacial score (nSPS) is 37.1. The maximum atomic E-state index is 14.4. The van der Waals surface area contributed by atoms with Crippen LogP contribution < -0.4 is 5.73 Å². The van der Waals surface area contributed by atoms with E-state index in [1.807, 2.05) is 0 Å². The molecule has 0 aromatic heterocycles. The van der Waals surface area contributed by atoms with Gasteiger partial charge >= 0.3 is 0 Å². The molecule has 2 aromatic rings. The number of aliphatic hydroxyl groups excluding tert-OH is 2. The van der Waals surface area contributed by atoms with Crippen LogP contribution in [0.3, 0.4) is 0 Å². The van der Waals surface area contributed by atoms with Gasteiger partial charge in [0.15, 0.2) is 17.2 Å². The number of halogens is 2. The number of aromatic hydroxyl groups is 1. The standard InChI is InChI=1S/C30H33ClFNO7/c1-12(2)21-24(36)20(27(33)39)25(37)30(40)26(38)22-23(35)19-15(10-28(22,3)11-29(21,30)4)14(6-8-18(19)34)13-5-7-16(31)17(32)9-13/h5-9,12,20-22,24,26,34,36,38,40H,10-11H2,1-4H3,(H2,33,39)/t20-,21+,22-,24?,26?,28-,29-,30+/m1/s1. The zero-order valence-electron chi connectivity index (χ0n) is 22.6. The predicted molar refractivity (Wildman–Crippen MR) is 144 cm³/mol. The summed E-state index contributed by atoms with van der Waals surface area (Å²) in [6.45, 7) is 6.91. The topological polar surface area (TPSA) is 158 Å². The molecule has 6 N–H and O–H groups in total. The monoisotopic (exact) mass is 573 g/mol. The molecule has 214 valence electrons. The molecule has 8 nitrogen and oxygen atoms in total. The number of ketones is 2. The first-order chi connectivity index (χ1) is 18.5. The van der Waals surface area contributed by atoms with E-state index in [4.69, 9.17) is 17.3 Å². The van der Waals surface area contributed by atoms with E-state index >= 15 is 0 Å². The van der Waals surface area contributed by atoms with Crippen LogP contribution in [0.15, 0.2) is 30.3 Å². The van der Waals surface area contributed by atoms with Crippen molar-refractivity contribution in [2.24, 2.45) is 40.2 Å². The Morgan fingerprint density at radius 2 is 1.80 bits per heavy atom. The van der Waals surface area contributed by atoms with Gasteiger partial charge in [0.05, 0.1) is 22.6 Å². The Kier molecular flexibility index (Phi) is 6.51. The summed E-state index contributed by atoms with van der Waals surface area (Å²) < 4.78 is 14.4. The van der Waals surface area contributed by atoms with E-state index in [2.05, 4.69) is 0 Å². The van der Waals surface area contributed by atoms with Crippen LogP contribution in [0.4, 0.5) is 4.39 Å². The molecule has 0 heterocycles. The number of phenolic OH excluding ortho intramolecular Hbond substituents is 1. The van der Waals surface area contributed by atoms with Gasteiger partial charge in [-0.3, -0.25) is 14.4 Å². The van der Waals surface area contributed by atoms with Gasteiger partial charge in [-0.2, -0.15) is 0 Å². The maximum absolute atomic E-state index is 14.4. The zero-order valence-corrected chi connectivity index (χ0v) is 23.4. The quantitative estimate of drug-likeness (QED) is 0.353. The average molecular weight is 574 g/mol. The second kappa shape index (κ2) is 9.08. The third-order valence-electron chi connectivity index (χ3n) is 9.90. The number of Topliss-reactive ketones (excluding diaryl/α,β-unsaturated/α-hetero) is 2. The Balaban J connectivity index is 1.73. The van der Waals surface area contributed by atoms with Gasteiger partial charge in [-0.15, -0.1) is 0 Å². The zero-order chi connectivity index (χ0) is 29.7. The van der Waals surface area contributed by atoms with Crippen LogP contribution in [-0.4, -0.2) is 55.7 Å². The van der Waals surface area contributed by atoms with Gasteiger partial charge < -0.3 is 26.2 Å². The van der Waals surface area contributed by atoms with Gasteiger partial charge in [-0.1, -0.05) is 51.4 Å². The van der Waals surface area contributed by atoms with E-state index in [1.54, 1.807) is 39.8 Å². The van der Waals surface area contributed by atoms with Crippen molar-refractivity contribution in [2.45, 2.75) is 58.3 Å². The summed E-state index contributed by atoms with van der Waals surface area (Å²) in [7, 11) is 0. The van der Waals surface area contributed by atoms with Gasteiger partial charge in [-0.25, -0.2) is 4.39 Å². The lowest BCUT2D eigenvalue weighted by Crippen LogP contribution is -2.79.